The second kappa shape index (κ2) is 66.0. The lowest BCUT2D eigenvalue weighted by Gasteiger charge is -2.21. The normalized spacial score (nSPS) is 14.3. The Morgan fingerprint density at radius 1 is 0.312 bits per heavy atom. The summed E-state index contributed by atoms with van der Waals surface area (Å²) in [4.78, 5) is 72.7. The number of carbonyl (C=O) groups is 4. The number of aliphatic hydroxyl groups excluding tert-OH is 1. The number of rotatable bonds is 73. The lowest BCUT2D eigenvalue weighted by atomic mass is 9.99. The summed E-state index contributed by atoms with van der Waals surface area (Å²) in [7, 11) is -9.91. The smallest absolute Gasteiger partial charge is 0.462 e. The van der Waals surface area contributed by atoms with Crippen LogP contribution < -0.4 is 0 Å². The fourth-order valence-electron chi connectivity index (χ4n) is 11.3. The highest BCUT2D eigenvalue weighted by molar-refractivity contribution is 7.47. The zero-order chi connectivity index (χ0) is 68.6. The Labute approximate surface area is 568 Å². The minimum absolute atomic E-state index is 0.104. The van der Waals surface area contributed by atoms with Gasteiger partial charge in [0.2, 0.25) is 0 Å². The standard InChI is InChI=1S/C74H144O17P2/c1-7-10-12-14-16-18-20-22-24-25-27-29-31-33-38-46-52-58-73(78)90-69(62-84-71(76)56-50-44-37-32-30-28-26-23-21-19-17-15-13-11-8-2)64-88-92(80,81)86-60-68(75)61-87-93(82,83)89-65-70(63-85-72(77)57-51-45-41-40-42-48-54-66(4)5)91-74(79)59-53-47-39-35-34-36-43-49-55-67(6)9-3/h66-70,75H,7-65H2,1-6H3,(H,80,81)(H,82,83)/t67?,68-,69-,70-/m1/s1. The number of esters is 4. The van der Waals surface area contributed by atoms with Crippen molar-refractivity contribution >= 4 is 39.5 Å². The molecule has 0 aromatic heterocycles. The molecular formula is C74H144O17P2. The molecule has 0 amide bonds. The van der Waals surface area contributed by atoms with Gasteiger partial charge in [0.15, 0.2) is 12.2 Å². The molecule has 0 saturated carbocycles. The molecule has 552 valence electrons. The van der Waals surface area contributed by atoms with Gasteiger partial charge in [0.05, 0.1) is 26.4 Å². The minimum Gasteiger partial charge on any atom is -0.462 e. The first-order chi connectivity index (χ1) is 44.9. The van der Waals surface area contributed by atoms with Gasteiger partial charge in [-0.3, -0.25) is 37.3 Å². The summed E-state index contributed by atoms with van der Waals surface area (Å²) in [6.45, 7) is 9.50. The molecule has 0 radical (unpaired) electrons. The molecule has 3 N–H and O–H groups in total. The van der Waals surface area contributed by atoms with E-state index in [1.807, 2.05) is 0 Å². The zero-order valence-corrected chi connectivity index (χ0v) is 62.3. The van der Waals surface area contributed by atoms with Gasteiger partial charge in [-0.05, 0) is 37.5 Å². The van der Waals surface area contributed by atoms with Gasteiger partial charge in [-0.2, -0.15) is 0 Å². The topological polar surface area (TPSA) is 237 Å². The monoisotopic (exact) mass is 1370 g/mol. The van der Waals surface area contributed by atoms with E-state index in [4.69, 9.17) is 37.0 Å². The van der Waals surface area contributed by atoms with Crippen LogP contribution in [0.2, 0.25) is 0 Å². The quantitative estimate of drug-likeness (QED) is 0.0222. The summed E-state index contributed by atoms with van der Waals surface area (Å²) in [5.41, 5.74) is 0. The van der Waals surface area contributed by atoms with Crippen molar-refractivity contribution in [3.8, 4) is 0 Å². The van der Waals surface area contributed by atoms with Crippen molar-refractivity contribution in [3.05, 3.63) is 0 Å². The summed E-state index contributed by atoms with van der Waals surface area (Å²) in [5, 5.41) is 10.6. The molecule has 0 spiro atoms. The number of aliphatic hydroxyl groups is 1. The molecule has 0 rings (SSSR count). The van der Waals surface area contributed by atoms with E-state index in [-0.39, 0.29) is 25.7 Å². The fraction of sp³-hybridized carbons (Fsp3) is 0.946. The number of ether oxygens (including phenoxy) is 4. The number of phosphoric ester groups is 2. The van der Waals surface area contributed by atoms with Crippen LogP contribution in [-0.4, -0.2) is 96.7 Å². The van der Waals surface area contributed by atoms with Gasteiger partial charge in [0, 0.05) is 25.7 Å². The third-order valence-corrected chi connectivity index (χ3v) is 19.5. The predicted octanol–water partition coefficient (Wildman–Crippen LogP) is 21.6. The van der Waals surface area contributed by atoms with Crippen LogP contribution in [0.4, 0.5) is 0 Å². The molecule has 0 aliphatic carbocycles. The molecule has 0 fully saturated rings. The molecule has 93 heavy (non-hydrogen) atoms. The van der Waals surface area contributed by atoms with Gasteiger partial charge in [-0.15, -0.1) is 0 Å². The van der Waals surface area contributed by atoms with Crippen LogP contribution in [0.15, 0.2) is 0 Å². The van der Waals surface area contributed by atoms with Crippen molar-refractivity contribution in [2.75, 3.05) is 39.6 Å². The van der Waals surface area contributed by atoms with Gasteiger partial charge >= 0.3 is 39.5 Å². The Balaban J connectivity index is 5.24. The van der Waals surface area contributed by atoms with Crippen molar-refractivity contribution in [2.24, 2.45) is 11.8 Å². The molecular weight excluding hydrogens is 1220 g/mol. The average molecular weight is 1370 g/mol. The third kappa shape index (κ3) is 67.0. The second-order valence-corrected chi connectivity index (χ2v) is 30.3. The van der Waals surface area contributed by atoms with Crippen molar-refractivity contribution in [1.82, 2.24) is 0 Å². The molecule has 6 atom stereocenters. The van der Waals surface area contributed by atoms with E-state index in [2.05, 4.69) is 41.5 Å². The van der Waals surface area contributed by atoms with Gasteiger partial charge < -0.3 is 33.8 Å². The minimum atomic E-state index is -4.96. The molecule has 0 bridgehead atoms. The summed E-state index contributed by atoms with van der Waals surface area (Å²) in [5.74, 6) is -0.672. The SMILES string of the molecule is CCCCCCCCCCCCCCCCCCCC(=O)O[C@H](COC(=O)CCCCCCCCCCCCCCCCC)COP(=O)(O)OC[C@@H](O)COP(=O)(O)OC[C@@H](COC(=O)CCCCCCCCC(C)C)OC(=O)CCCCCCCCCCC(C)CC. The summed E-state index contributed by atoms with van der Waals surface area (Å²) in [6, 6.07) is 0. The second-order valence-electron chi connectivity index (χ2n) is 27.4. The maximum Gasteiger partial charge on any atom is 0.472 e. The fourth-order valence-corrected chi connectivity index (χ4v) is 12.8. The molecule has 19 heteroatoms. The molecule has 0 heterocycles. The van der Waals surface area contributed by atoms with E-state index in [0.29, 0.717) is 31.6 Å². The Bertz CT molecular complexity index is 1810. The van der Waals surface area contributed by atoms with Crippen molar-refractivity contribution in [1.29, 1.82) is 0 Å². The Hall–Kier alpha value is -1.94. The number of carbonyl (C=O) groups excluding carboxylic acids is 4. The van der Waals surface area contributed by atoms with E-state index in [1.54, 1.807) is 0 Å². The van der Waals surface area contributed by atoms with Crippen LogP contribution in [0.5, 0.6) is 0 Å². The number of hydrogen-bond donors (Lipinski definition) is 3. The molecule has 0 aliphatic heterocycles. The number of unbranched alkanes of at least 4 members (excludes halogenated alkanes) is 42. The van der Waals surface area contributed by atoms with Crippen LogP contribution in [0.25, 0.3) is 0 Å². The van der Waals surface area contributed by atoms with Gasteiger partial charge in [-0.1, -0.05) is 330 Å². The zero-order valence-electron chi connectivity index (χ0n) is 60.6. The van der Waals surface area contributed by atoms with Gasteiger partial charge in [-0.25, -0.2) is 9.13 Å². The number of phosphoric acid groups is 2. The lowest BCUT2D eigenvalue weighted by molar-refractivity contribution is -0.161. The predicted molar refractivity (Wildman–Crippen MR) is 377 cm³/mol. The van der Waals surface area contributed by atoms with Crippen molar-refractivity contribution in [2.45, 2.75) is 400 Å². The van der Waals surface area contributed by atoms with E-state index in [1.165, 1.54) is 193 Å². The summed E-state index contributed by atoms with van der Waals surface area (Å²) in [6.07, 6.45) is 52.8. The Morgan fingerprint density at radius 3 is 0.817 bits per heavy atom. The molecule has 0 aliphatic rings. The van der Waals surface area contributed by atoms with E-state index < -0.39 is 97.5 Å². The molecule has 0 aromatic carbocycles. The highest BCUT2D eigenvalue weighted by Gasteiger charge is 2.30. The van der Waals surface area contributed by atoms with Gasteiger partial charge in [0.25, 0.3) is 0 Å². The van der Waals surface area contributed by atoms with Crippen molar-refractivity contribution < 1.29 is 80.2 Å². The van der Waals surface area contributed by atoms with Crippen LogP contribution >= 0.6 is 15.6 Å². The molecule has 17 nitrogen and oxygen atoms in total. The Kier molecular flexibility index (Phi) is 64.6. The highest BCUT2D eigenvalue weighted by atomic mass is 31.2. The Morgan fingerprint density at radius 2 is 0.548 bits per heavy atom. The van der Waals surface area contributed by atoms with Crippen LogP contribution in [-0.2, 0) is 65.4 Å². The van der Waals surface area contributed by atoms with E-state index in [0.717, 1.165) is 102 Å². The average Bonchev–Trinajstić information content (AvgIpc) is 1.74. The summed E-state index contributed by atoms with van der Waals surface area (Å²) < 4.78 is 68.4. The molecule has 0 saturated heterocycles. The summed E-state index contributed by atoms with van der Waals surface area (Å²) >= 11 is 0. The maximum absolute atomic E-state index is 13.1. The van der Waals surface area contributed by atoms with E-state index in [9.17, 15) is 43.2 Å². The van der Waals surface area contributed by atoms with Crippen LogP contribution in [0, 0.1) is 11.8 Å². The first-order valence-electron chi connectivity index (χ1n) is 38.5. The molecule has 0 aromatic rings. The van der Waals surface area contributed by atoms with Crippen LogP contribution in [0.1, 0.15) is 382 Å². The van der Waals surface area contributed by atoms with Gasteiger partial charge in [0.1, 0.15) is 19.3 Å². The first kappa shape index (κ1) is 91.1. The molecule has 3 unspecified atom stereocenters. The maximum atomic E-state index is 13.1. The van der Waals surface area contributed by atoms with Crippen molar-refractivity contribution in [3.63, 3.8) is 0 Å². The number of hydrogen-bond acceptors (Lipinski definition) is 15. The lowest BCUT2D eigenvalue weighted by Crippen LogP contribution is -2.30. The largest absolute Gasteiger partial charge is 0.472 e. The first-order valence-corrected chi connectivity index (χ1v) is 41.5. The highest BCUT2D eigenvalue weighted by Crippen LogP contribution is 2.45. The van der Waals surface area contributed by atoms with E-state index >= 15 is 0 Å². The van der Waals surface area contributed by atoms with Crippen LogP contribution in [0.3, 0.4) is 0 Å². The third-order valence-electron chi connectivity index (χ3n) is 17.6.